The number of nitrogens with one attached hydrogen (secondary N) is 1. The monoisotopic (exact) mass is 283 g/mol. The minimum absolute atomic E-state index is 0.0762. The van der Waals surface area contributed by atoms with Crippen LogP contribution in [0, 0.1) is 6.92 Å². The highest BCUT2D eigenvalue weighted by Gasteiger charge is 2.18. The normalized spacial score (nSPS) is 18.3. The van der Waals surface area contributed by atoms with Gasteiger partial charge in [0.1, 0.15) is 5.00 Å². The fourth-order valence-corrected chi connectivity index (χ4v) is 3.28. The molecule has 1 saturated heterocycles. The van der Waals surface area contributed by atoms with Gasteiger partial charge < -0.3 is 10.1 Å². The zero-order valence-corrected chi connectivity index (χ0v) is 12.5. The van der Waals surface area contributed by atoms with Gasteiger partial charge in [-0.1, -0.05) is 0 Å². The van der Waals surface area contributed by atoms with Crippen molar-refractivity contribution in [3.63, 3.8) is 0 Å². The molecule has 0 aliphatic carbocycles. The molecule has 0 aromatic carbocycles. The highest BCUT2D eigenvalue weighted by molar-refractivity contribution is 7.10. The molecule has 2 rings (SSSR count). The molecule has 1 unspecified atom stereocenters. The lowest BCUT2D eigenvalue weighted by Gasteiger charge is -2.29. The SMILES string of the molecule is CC(=O)c1c(C)nsc1NC(C)CN1CCOCC1. The molecule has 1 fully saturated rings. The van der Waals surface area contributed by atoms with Crippen LogP contribution in [0.4, 0.5) is 5.00 Å². The van der Waals surface area contributed by atoms with Gasteiger partial charge in [0.2, 0.25) is 0 Å². The number of hydrogen-bond acceptors (Lipinski definition) is 6. The third-order valence-corrected chi connectivity index (χ3v) is 4.10. The van der Waals surface area contributed by atoms with Crippen LogP contribution >= 0.6 is 11.5 Å². The minimum atomic E-state index is 0.0762. The van der Waals surface area contributed by atoms with Crippen molar-refractivity contribution in [3.05, 3.63) is 11.3 Å². The van der Waals surface area contributed by atoms with Crippen LogP contribution in [0.15, 0.2) is 0 Å². The van der Waals surface area contributed by atoms with Crippen LogP contribution in [-0.4, -0.2) is 53.9 Å². The van der Waals surface area contributed by atoms with E-state index in [1.807, 2.05) is 6.92 Å². The number of ether oxygens (including phenoxy) is 1. The molecule has 106 valence electrons. The lowest BCUT2D eigenvalue weighted by Crippen LogP contribution is -2.42. The lowest BCUT2D eigenvalue weighted by atomic mass is 10.1. The molecule has 1 aliphatic heterocycles. The fourth-order valence-electron chi connectivity index (χ4n) is 2.32. The molecule has 1 aromatic heterocycles. The van der Waals surface area contributed by atoms with Gasteiger partial charge in [0, 0.05) is 25.7 Å². The largest absolute Gasteiger partial charge is 0.379 e. The van der Waals surface area contributed by atoms with Crippen molar-refractivity contribution in [1.29, 1.82) is 0 Å². The zero-order chi connectivity index (χ0) is 13.8. The number of rotatable bonds is 5. The van der Waals surface area contributed by atoms with E-state index in [0.29, 0.717) is 0 Å². The van der Waals surface area contributed by atoms with E-state index in [4.69, 9.17) is 4.74 Å². The molecule has 1 N–H and O–H groups in total. The summed E-state index contributed by atoms with van der Waals surface area (Å²) in [6.45, 7) is 10.1. The van der Waals surface area contributed by atoms with E-state index in [2.05, 4.69) is 21.5 Å². The number of anilines is 1. The topological polar surface area (TPSA) is 54.5 Å². The summed E-state index contributed by atoms with van der Waals surface area (Å²) in [5.74, 6) is 0.0762. The predicted octanol–water partition coefficient (Wildman–Crippen LogP) is 1.79. The Kier molecular flexibility index (Phi) is 4.90. The van der Waals surface area contributed by atoms with Crippen molar-refractivity contribution in [2.24, 2.45) is 0 Å². The maximum Gasteiger partial charge on any atom is 0.164 e. The molecule has 0 radical (unpaired) electrons. The first-order valence-corrected chi connectivity index (χ1v) is 7.39. The Morgan fingerprint density at radius 1 is 1.53 bits per heavy atom. The first-order valence-electron chi connectivity index (χ1n) is 6.61. The summed E-state index contributed by atoms with van der Waals surface area (Å²) in [7, 11) is 0. The van der Waals surface area contributed by atoms with Gasteiger partial charge in [-0.15, -0.1) is 0 Å². The van der Waals surface area contributed by atoms with Gasteiger partial charge in [-0.2, -0.15) is 4.37 Å². The van der Waals surface area contributed by atoms with Crippen LogP contribution in [0.1, 0.15) is 29.9 Å². The van der Waals surface area contributed by atoms with Gasteiger partial charge in [-0.3, -0.25) is 9.69 Å². The van der Waals surface area contributed by atoms with E-state index in [0.717, 1.165) is 49.1 Å². The maximum absolute atomic E-state index is 11.6. The van der Waals surface area contributed by atoms with E-state index < -0.39 is 0 Å². The van der Waals surface area contributed by atoms with Crippen LogP contribution < -0.4 is 5.32 Å². The Morgan fingerprint density at radius 2 is 2.21 bits per heavy atom. The zero-order valence-electron chi connectivity index (χ0n) is 11.7. The summed E-state index contributed by atoms with van der Waals surface area (Å²) in [5, 5.41) is 4.31. The summed E-state index contributed by atoms with van der Waals surface area (Å²) < 4.78 is 9.60. The Balaban J connectivity index is 1.94. The number of morpholine rings is 1. The number of ketones is 1. The quantitative estimate of drug-likeness (QED) is 0.835. The number of hydrogen-bond donors (Lipinski definition) is 1. The Morgan fingerprint density at radius 3 is 2.84 bits per heavy atom. The number of aromatic nitrogens is 1. The van der Waals surface area contributed by atoms with Gasteiger partial charge in [-0.05, 0) is 32.3 Å². The van der Waals surface area contributed by atoms with Crippen LogP contribution in [0.3, 0.4) is 0 Å². The Hall–Kier alpha value is -0.980. The molecule has 6 heteroatoms. The van der Waals surface area contributed by atoms with E-state index in [1.54, 1.807) is 6.92 Å². The molecule has 5 nitrogen and oxygen atoms in total. The Bertz CT molecular complexity index is 441. The smallest absolute Gasteiger partial charge is 0.164 e. The number of carbonyl (C=O) groups excluding carboxylic acids is 1. The van der Waals surface area contributed by atoms with Crippen molar-refractivity contribution >= 4 is 22.3 Å². The molecular formula is C13H21N3O2S. The molecule has 1 aliphatic rings. The molecule has 0 bridgehead atoms. The number of carbonyl (C=O) groups is 1. The highest BCUT2D eigenvalue weighted by atomic mass is 32.1. The standard InChI is InChI=1S/C13H21N3O2S/c1-9(8-16-4-6-18-7-5-16)14-13-12(11(3)17)10(2)15-19-13/h9,14H,4-8H2,1-3H3. The number of Topliss-reactive ketones (excluding diaryl/α,β-unsaturated/α-hetero) is 1. The number of aryl methyl sites for hydroxylation is 1. The van der Waals surface area contributed by atoms with Crippen molar-refractivity contribution in [2.75, 3.05) is 38.2 Å². The molecule has 1 aromatic rings. The third-order valence-electron chi connectivity index (χ3n) is 3.23. The molecular weight excluding hydrogens is 262 g/mol. The summed E-state index contributed by atoms with van der Waals surface area (Å²) >= 11 is 1.37. The van der Waals surface area contributed by atoms with Crippen molar-refractivity contribution in [2.45, 2.75) is 26.8 Å². The second-order valence-corrected chi connectivity index (χ2v) is 5.76. The molecule has 2 heterocycles. The van der Waals surface area contributed by atoms with Crippen molar-refractivity contribution in [1.82, 2.24) is 9.27 Å². The first kappa shape index (κ1) is 14.4. The molecule has 1 atom stereocenters. The summed E-state index contributed by atoms with van der Waals surface area (Å²) in [6.07, 6.45) is 0. The summed E-state index contributed by atoms with van der Waals surface area (Å²) in [6, 6.07) is 0.288. The predicted molar refractivity (Wildman–Crippen MR) is 77.2 cm³/mol. The van der Waals surface area contributed by atoms with Gasteiger partial charge in [0.25, 0.3) is 0 Å². The second-order valence-electron chi connectivity index (χ2n) is 4.99. The summed E-state index contributed by atoms with van der Waals surface area (Å²) in [4.78, 5) is 14.0. The lowest BCUT2D eigenvalue weighted by molar-refractivity contribution is 0.0368. The van der Waals surface area contributed by atoms with E-state index in [1.165, 1.54) is 11.5 Å². The van der Waals surface area contributed by atoms with Crippen molar-refractivity contribution < 1.29 is 9.53 Å². The molecule has 0 amide bonds. The second kappa shape index (κ2) is 6.45. The van der Waals surface area contributed by atoms with Crippen LogP contribution in [0.5, 0.6) is 0 Å². The van der Waals surface area contributed by atoms with Crippen molar-refractivity contribution in [3.8, 4) is 0 Å². The van der Waals surface area contributed by atoms with Gasteiger partial charge in [0.05, 0.1) is 24.5 Å². The highest BCUT2D eigenvalue weighted by Crippen LogP contribution is 2.25. The van der Waals surface area contributed by atoms with E-state index >= 15 is 0 Å². The van der Waals surface area contributed by atoms with Crippen LogP contribution in [-0.2, 0) is 4.74 Å². The van der Waals surface area contributed by atoms with Gasteiger partial charge >= 0.3 is 0 Å². The molecule has 0 spiro atoms. The van der Waals surface area contributed by atoms with Gasteiger partial charge in [-0.25, -0.2) is 0 Å². The van der Waals surface area contributed by atoms with Gasteiger partial charge in [0.15, 0.2) is 5.78 Å². The fraction of sp³-hybridized carbons (Fsp3) is 0.692. The average molecular weight is 283 g/mol. The third kappa shape index (κ3) is 3.75. The first-order chi connectivity index (χ1) is 9.08. The minimum Gasteiger partial charge on any atom is -0.379 e. The van der Waals surface area contributed by atoms with E-state index in [9.17, 15) is 4.79 Å². The number of nitrogens with zero attached hydrogens (tertiary/aromatic N) is 2. The van der Waals surface area contributed by atoms with E-state index in [-0.39, 0.29) is 11.8 Å². The summed E-state index contributed by atoms with van der Waals surface area (Å²) in [5.41, 5.74) is 1.55. The van der Waals surface area contributed by atoms with Crippen LogP contribution in [0.2, 0.25) is 0 Å². The Labute approximate surface area is 118 Å². The van der Waals surface area contributed by atoms with Crippen LogP contribution in [0.25, 0.3) is 0 Å². The average Bonchev–Trinajstić information content (AvgIpc) is 2.71. The molecule has 0 saturated carbocycles. The molecule has 19 heavy (non-hydrogen) atoms. The maximum atomic E-state index is 11.6.